The summed E-state index contributed by atoms with van der Waals surface area (Å²) in [6.07, 6.45) is 0. The van der Waals surface area contributed by atoms with Gasteiger partial charge in [-0.15, -0.1) is 0 Å². The standard InChI is InChI=1S/C26H17BO/c27-20-11-18-7-3-4-8-21(18)22(15-20)19-9-10-25-23(13-19)24-12-16-5-1-2-6-17(16)14-26(24)28-25/h1-15H,27H2. The van der Waals surface area contributed by atoms with Crippen LogP contribution >= 0.6 is 0 Å². The first-order valence-electron chi connectivity index (χ1n) is 9.61. The summed E-state index contributed by atoms with van der Waals surface area (Å²) in [6.45, 7) is 0. The molecule has 5 aromatic carbocycles. The minimum Gasteiger partial charge on any atom is -0.456 e. The lowest BCUT2D eigenvalue weighted by molar-refractivity contribution is 0.669. The predicted octanol–water partition coefficient (Wildman–Crippen LogP) is 5.82. The fraction of sp³-hybridized carbons (Fsp3) is 0. The minimum absolute atomic E-state index is 0.936. The lowest BCUT2D eigenvalue weighted by atomic mass is 9.88. The normalized spacial score (nSPS) is 11.7. The molecule has 0 amide bonds. The highest BCUT2D eigenvalue weighted by Gasteiger charge is 2.11. The van der Waals surface area contributed by atoms with Gasteiger partial charge in [0.05, 0.1) is 0 Å². The van der Waals surface area contributed by atoms with Gasteiger partial charge in [-0.1, -0.05) is 72.2 Å². The van der Waals surface area contributed by atoms with E-state index in [9.17, 15) is 0 Å². The van der Waals surface area contributed by atoms with Crippen LogP contribution in [0.5, 0.6) is 0 Å². The van der Waals surface area contributed by atoms with E-state index < -0.39 is 0 Å². The Morgan fingerprint density at radius 1 is 0.536 bits per heavy atom. The average molecular weight is 356 g/mol. The average Bonchev–Trinajstić information content (AvgIpc) is 3.08. The zero-order chi connectivity index (χ0) is 18.7. The molecule has 0 aliphatic heterocycles. The summed E-state index contributed by atoms with van der Waals surface area (Å²) in [5.41, 5.74) is 5.65. The molecule has 0 aliphatic rings. The van der Waals surface area contributed by atoms with E-state index in [4.69, 9.17) is 4.42 Å². The van der Waals surface area contributed by atoms with E-state index in [1.165, 1.54) is 48.9 Å². The molecule has 0 radical (unpaired) electrons. The van der Waals surface area contributed by atoms with Crippen molar-refractivity contribution in [3.8, 4) is 11.1 Å². The Labute approximate surface area is 163 Å². The van der Waals surface area contributed by atoms with Crippen LogP contribution < -0.4 is 5.46 Å². The van der Waals surface area contributed by atoms with E-state index in [2.05, 4.69) is 98.8 Å². The van der Waals surface area contributed by atoms with Gasteiger partial charge in [0.1, 0.15) is 19.0 Å². The number of benzene rings is 5. The Morgan fingerprint density at radius 2 is 1.25 bits per heavy atom. The Morgan fingerprint density at radius 3 is 2.11 bits per heavy atom. The minimum atomic E-state index is 0.936. The second-order valence-corrected chi connectivity index (χ2v) is 7.54. The van der Waals surface area contributed by atoms with E-state index in [1.54, 1.807) is 0 Å². The molecular formula is C26H17BO. The van der Waals surface area contributed by atoms with E-state index in [0.717, 1.165) is 11.2 Å². The molecule has 0 spiro atoms. The molecule has 0 aliphatic carbocycles. The summed E-state index contributed by atoms with van der Waals surface area (Å²) in [6, 6.07) is 32.5. The topological polar surface area (TPSA) is 13.1 Å². The van der Waals surface area contributed by atoms with Crippen molar-refractivity contribution in [2.24, 2.45) is 0 Å². The molecular weight excluding hydrogens is 339 g/mol. The van der Waals surface area contributed by atoms with Crippen molar-refractivity contribution in [3.05, 3.63) is 91.0 Å². The lowest BCUT2D eigenvalue weighted by Crippen LogP contribution is -2.02. The van der Waals surface area contributed by atoms with Gasteiger partial charge in [0.15, 0.2) is 0 Å². The SMILES string of the molecule is Bc1cc(-c2ccc3oc4cc5ccccc5cc4c3c2)c2ccccc2c1. The molecule has 0 atom stereocenters. The first-order valence-corrected chi connectivity index (χ1v) is 9.61. The first kappa shape index (κ1) is 15.5. The Kier molecular flexibility index (Phi) is 3.18. The summed E-state index contributed by atoms with van der Waals surface area (Å²) < 4.78 is 6.16. The summed E-state index contributed by atoms with van der Waals surface area (Å²) >= 11 is 0. The van der Waals surface area contributed by atoms with E-state index in [1.807, 2.05) is 0 Å². The van der Waals surface area contributed by atoms with Crippen LogP contribution in [0.4, 0.5) is 0 Å². The number of furan rings is 1. The molecule has 0 bridgehead atoms. The Balaban J connectivity index is 1.67. The third kappa shape index (κ3) is 2.28. The van der Waals surface area contributed by atoms with Crippen molar-refractivity contribution < 1.29 is 4.42 Å². The van der Waals surface area contributed by atoms with Gasteiger partial charge in [0.2, 0.25) is 0 Å². The maximum Gasteiger partial charge on any atom is 0.139 e. The van der Waals surface area contributed by atoms with Crippen molar-refractivity contribution in [2.75, 3.05) is 0 Å². The van der Waals surface area contributed by atoms with Crippen LogP contribution in [0.1, 0.15) is 0 Å². The van der Waals surface area contributed by atoms with Gasteiger partial charge in [-0.3, -0.25) is 0 Å². The van der Waals surface area contributed by atoms with Gasteiger partial charge in [-0.25, -0.2) is 0 Å². The largest absolute Gasteiger partial charge is 0.456 e. The number of hydrogen-bond donors (Lipinski definition) is 0. The molecule has 6 aromatic rings. The van der Waals surface area contributed by atoms with Crippen LogP contribution in [0.2, 0.25) is 0 Å². The quantitative estimate of drug-likeness (QED) is 0.339. The molecule has 0 unspecified atom stereocenters. The highest BCUT2D eigenvalue weighted by molar-refractivity contribution is 6.34. The monoisotopic (exact) mass is 356 g/mol. The van der Waals surface area contributed by atoms with Crippen LogP contribution in [0.15, 0.2) is 95.4 Å². The Hall–Kier alpha value is -3.52. The molecule has 2 heteroatoms. The summed E-state index contributed by atoms with van der Waals surface area (Å²) in [5.74, 6) is 0. The van der Waals surface area contributed by atoms with Crippen LogP contribution in [0.3, 0.4) is 0 Å². The van der Waals surface area contributed by atoms with Crippen molar-refractivity contribution in [3.63, 3.8) is 0 Å². The molecule has 1 heterocycles. The van der Waals surface area contributed by atoms with Gasteiger partial charge >= 0.3 is 0 Å². The molecule has 130 valence electrons. The third-order valence-electron chi connectivity index (χ3n) is 5.65. The molecule has 1 nitrogen and oxygen atoms in total. The fourth-order valence-electron chi connectivity index (χ4n) is 4.33. The molecule has 0 N–H and O–H groups in total. The first-order chi connectivity index (χ1) is 13.8. The third-order valence-corrected chi connectivity index (χ3v) is 5.65. The maximum atomic E-state index is 6.16. The van der Waals surface area contributed by atoms with Crippen LogP contribution in [0.25, 0.3) is 54.6 Å². The molecule has 6 rings (SSSR count). The van der Waals surface area contributed by atoms with Crippen LogP contribution in [0, 0.1) is 0 Å². The maximum absolute atomic E-state index is 6.16. The number of hydrogen-bond acceptors (Lipinski definition) is 1. The van der Waals surface area contributed by atoms with Gasteiger partial charge in [-0.2, -0.15) is 0 Å². The van der Waals surface area contributed by atoms with E-state index in [-0.39, 0.29) is 0 Å². The zero-order valence-corrected chi connectivity index (χ0v) is 15.6. The Bertz CT molecular complexity index is 1520. The molecule has 0 saturated heterocycles. The van der Waals surface area contributed by atoms with Crippen molar-refractivity contribution in [1.29, 1.82) is 0 Å². The number of fused-ring (bicyclic) bond motifs is 5. The lowest BCUT2D eigenvalue weighted by Gasteiger charge is -2.09. The molecule has 0 fully saturated rings. The zero-order valence-electron chi connectivity index (χ0n) is 15.6. The van der Waals surface area contributed by atoms with Gasteiger partial charge in [0.25, 0.3) is 0 Å². The van der Waals surface area contributed by atoms with E-state index in [0.29, 0.717) is 0 Å². The summed E-state index contributed by atoms with van der Waals surface area (Å²) in [4.78, 5) is 0. The van der Waals surface area contributed by atoms with E-state index >= 15 is 0 Å². The molecule has 0 saturated carbocycles. The second-order valence-electron chi connectivity index (χ2n) is 7.54. The van der Waals surface area contributed by atoms with Gasteiger partial charge in [0, 0.05) is 10.8 Å². The molecule has 28 heavy (non-hydrogen) atoms. The van der Waals surface area contributed by atoms with Crippen molar-refractivity contribution in [1.82, 2.24) is 0 Å². The summed E-state index contributed by atoms with van der Waals surface area (Å²) in [5, 5.41) is 7.35. The smallest absolute Gasteiger partial charge is 0.139 e. The van der Waals surface area contributed by atoms with Crippen LogP contribution in [-0.4, -0.2) is 7.85 Å². The second kappa shape index (κ2) is 5.74. The predicted molar refractivity (Wildman–Crippen MR) is 122 cm³/mol. The van der Waals surface area contributed by atoms with Crippen molar-refractivity contribution >= 4 is 56.8 Å². The van der Waals surface area contributed by atoms with Crippen LogP contribution in [-0.2, 0) is 0 Å². The highest BCUT2D eigenvalue weighted by atomic mass is 16.3. The molecule has 1 aromatic heterocycles. The van der Waals surface area contributed by atoms with Gasteiger partial charge < -0.3 is 4.42 Å². The number of rotatable bonds is 1. The summed E-state index contributed by atoms with van der Waals surface area (Å²) in [7, 11) is 2.16. The van der Waals surface area contributed by atoms with Gasteiger partial charge in [-0.05, 0) is 56.9 Å². The highest BCUT2D eigenvalue weighted by Crippen LogP contribution is 2.36. The fourth-order valence-corrected chi connectivity index (χ4v) is 4.33. The van der Waals surface area contributed by atoms with Crippen molar-refractivity contribution in [2.45, 2.75) is 0 Å².